The van der Waals surface area contributed by atoms with Gasteiger partial charge in [-0.15, -0.1) is 0 Å². The predicted molar refractivity (Wildman–Crippen MR) is 102 cm³/mol. The zero-order valence-electron chi connectivity index (χ0n) is 14.1. The van der Waals surface area contributed by atoms with Crippen molar-refractivity contribution in [2.45, 2.75) is 6.54 Å². The molecule has 132 valence electrons. The average Bonchev–Trinajstić information content (AvgIpc) is 2.68. The number of aromatic nitrogens is 2. The lowest BCUT2D eigenvalue weighted by atomic mass is 10.2. The zero-order chi connectivity index (χ0) is 18.4. The Labute approximate surface area is 156 Å². The number of esters is 1. The van der Waals surface area contributed by atoms with Crippen LogP contribution in [0.15, 0.2) is 60.8 Å². The van der Waals surface area contributed by atoms with Crippen LogP contribution >= 0.6 is 11.6 Å². The van der Waals surface area contributed by atoms with Gasteiger partial charge in [0.2, 0.25) is 5.95 Å². The molecule has 0 amide bonds. The zero-order valence-corrected chi connectivity index (χ0v) is 14.8. The third-order valence-electron chi connectivity index (χ3n) is 3.60. The molecular formula is C19H17ClN4O2. The summed E-state index contributed by atoms with van der Waals surface area (Å²) in [5.74, 6) is 0.779. The summed E-state index contributed by atoms with van der Waals surface area (Å²) < 4.78 is 4.68. The summed E-state index contributed by atoms with van der Waals surface area (Å²) in [4.78, 5) is 20.1. The van der Waals surface area contributed by atoms with Crippen molar-refractivity contribution in [3.05, 3.63) is 76.9 Å². The Kier molecular flexibility index (Phi) is 5.66. The van der Waals surface area contributed by atoms with Crippen LogP contribution in [0.3, 0.4) is 0 Å². The van der Waals surface area contributed by atoms with Gasteiger partial charge in [-0.3, -0.25) is 0 Å². The minimum atomic E-state index is -0.374. The molecule has 0 spiro atoms. The van der Waals surface area contributed by atoms with Gasteiger partial charge in [0.25, 0.3) is 0 Å². The highest BCUT2D eigenvalue weighted by Crippen LogP contribution is 2.16. The molecule has 0 atom stereocenters. The molecule has 0 radical (unpaired) electrons. The summed E-state index contributed by atoms with van der Waals surface area (Å²) >= 11 is 5.89. The average molecular weight is 369 g/mol. The van der Waals surface area contributed by atoms with Gasteiger partial charge in [-0.2, -0.15) is 4.98 Å². The van der Waals surface area contributed by atoms with Gasteiger partial charge >= 0.3 is 5.97 Å². The van der Waals surface area contributed by atoms with Crippen LogP contribution in [0.2, 0.25) is 5.02 Å². The predicted octanol–water partition coefficient (Wildman–Crippen LogP) is 4.27. The fourth-order valence-corrected chi connectivity index (χ4v) is 2.37. The molecule has 2 N–H and O–H groups in total. The van der Waals surface area contributed by atoms with Gasteiger partial charge in [0, 0.05) is 23.5 Å². The molecule has 1 aromatic heterocycles. The summed E-state index contributed by atoms with van der Waals surface area (Å²) in [7, 11) is 1.35. The van der Waals surface area contributed by atoms with E-state index < -0.39 is 0 Å². The van der Waals surface area contributed by atoms with Crippen molar-refractivity contribution in [3.63, 3.8) is 0 Å². The standard InChI is InChI=1S/C19H17ClN4O2/c1-26-18(25)14-4-8-16(9-5-14)23-19-21-11-10-17(24-19)22-12-13-2-6-15(20)7-3-13/h2-11H,12H2,1H3,(H2,21,22,23,24). The third kappa shape index (κ3) is 4.70. The number of hydrogen-bond donors (Lipinski definition) is 2. The Bertz CT molecular complexity index is 883. The molecule has 2 aromatic carbocycles. The summed E-state index contributed by atoms with van der Waals surface area (Å²) in [5.41, 5.74) is 2.35. The molecule has 0 unspecified atom stereocenters. The number of nitrogens with zero attached hydrogens (tertiary/aromatic N) is 2. The number of methoxy groups -OCH3 is 1. The van der Waals surface area contributed by atoms with E-state index in [9.17, 15) is 4.79 Å². The molecule has 3 aromatic rings. The van der Waals surface area contributed by atoms with Crippen LogP contribution in [-0.4, -0.2) is 23.0 Å². The molecule has 1 heterocycles. The van der Waals surface area contributed by atoms with Crippen molar-refractivity contribution in [2.24, 2.45) is 0 Å². The second kappa shape index (κ2) is 8.31. The summed E-state index contributed by atoms with van der Waals surface area (Å²) in [6, 6.07) is 16.3. The number of carbonyl (C=O) groups excluding carboxylic acids is 1. The maximum atomic E-state index is 11.5. The van der Waals surface area contributed by atoms with Crippen LogP contribution < -0.4 is 10.6 Å². The van der Waals surface area contributed by atoms with E-state index in [-0.39, 0.29) is 5.97 Å². The molecule has 0 bridgehead atoms. The number of rotatable bonds is 6. The van der Waals surface area contributed by atoms with E-state index in [1.807, 2.05) is 24.3 Å². The number of hydrogen-bond acceptors (Lipinski definition) is 6. The van der Waals surface area contributed by atoms with Gasteiger partial charge < -0.3 is 15.4 Å². The number of carbonyl (C=O) groups is 1. The minimum absolute atomic E-state index is 0.374. The Morgan fingerprint density at radius 3 is 2.50 bits per heavy atom. The normalized spacial score (nSPS) is 10.2. The maximum absolute atomic E-state index is 11.5. The first-order chi connectivity index (χ1) is 12.6. The number of nitrogens with one attached hydrogen (secondary N) is 2. The van der Waals surface area contributed by atoms with Crippen molar-refractivity contribution in [3.8, 4) is 0 Å². The molecule has 0 saturated heterocycles. The van der Waals surface area contributed by atoms with E-state index in [0.717, 1.165) is 11.3 Å². The van der Waals surface area contributed by atoms with E-state index in [4.69, 9.17) is 11.6 Å². The Hall–Kier alpha value is -3.12. The molecule has 0 aliphatic heterocycles. The van der Waals surface area contributed by atoms with Crippen molar-refractivity contribution in [2.75, 3.05) is 17.7 Å². The Morgan fingerprint density at radius 2 is 1.81 bits per heavy atom. The Morgan fingerprint density at radius 1 is 1.08 bits per heavy atom. The largest absolute Gasteiger partial charge is 0.465 e. The van der Waals surface area contributed by atoms with Crippen molar-refractivity contribution >= 4 is 35.0 Å². The number of halogens is 1. The highest BCUT2D eigenvalue weighted by molar-refractivity contribution is 6.30. The highest BCUT2D eigenvalue weighted by Gasteiger charge is 2.05. The van der Waals surface area contributed by atoms with Crippen LogP contribution in [0.25, 0.3) is 0 Å². The molecule has 0 aliphatic carbocycles. The minimum Gasteiger partial charge on any atom is -0.465 e. The van der Waals surface area contributed by atoms with E-state index in [1.165, 1.54) is 7.11 Å². The topological polar surface area (TPSA) is 76.1 Å². The third-order valence-corrected chi connectivity index (χ3v) is 3.86. The summed E-state index contributed by atoms with van der Waals surface area (Å²) in [6.45, 7) is 0.626. The molecule has 0 saturated carbocycles. The second-order valence-corrected chi connectivity index (χ2v) is 5.88. The van der Waals surface area contributed by atoms with Gasteiger partial charge in [-0.25, -0.2) is 9.78 Å². The van der Waals surface area contributed by atoms with Crippen molar-refractivity contribution in [1.29, 1.82) is 0 Å². The number of benzene rings is 2. The van der Waals surface area contributed by atoms with E-state index in [1.54, 1.807) is 36.5 Å². The monoisotopic (exact) mass is 368 g/mol. The lowest BCUT2D eigenvalue weighted by Crippen LogP contribution is -2.04. The molecule has 3 rings (SSSR count). The van der Waals surface area contributed by atoms with Crippen molar-refractivity contribution in [1.82, 2.24) is 9.97 Å². The summed E-state index contributed by atoms with van der Waals surface area (Å²) in [5, 5.41) is 7.05. The van der Waals surface area contributed by atoms with Gasteiger partial charge in [-0.05, 0) is 48.0 Å². The fourth-order valence-electron chi connectivity index (χ4n) is 2.25. The van der Waals surface area contributed by atoms with Gasteiger partial charge in [-0.1, -0.05) is 23.7 Å². The first-order valence-corrected chi connectivity index (χ1v) is 8.28. The quantitative estimate of drug-likeness (QED) is 0.633. The van der Waals surface area contributed by atoms with Crippen LogP contribution in [0.1, 0.15) is 15.9 Å². The molecule has 6 nitrogen and oxygen atoms in total. The number of ether oxygens (including phenoxy) is 1. The van der Waals surface area contributed by atoms with Crippen molar-refractivity contribution < 1.29 is 9.53 Å². The molecule has 0 aliphatic rings. The van der Waals surface area contributed by atoms with Gasteiger partial charge in [0.1, 0.15) is 5.82 Å². The maximum Gasteiger partial charge on any atom is 0.337 e. The van der Waals surface area contributed by atoms with E-state index in [2.05, 4.69) is 25.3 Å². The van der Waals surface area contributed by atoms with Gasteiger partial charge in [0.15, 0.2) is 0 Å². The Balaban J connectivity index is 1.63. The summed E-state index contributed by atoms with van der Waals surface area (Å²) in [6.07, 6.45) is 1.67. The molecule has 7 heteroatoms. The lowest BCUT2D eigenvalue weighted by Gasteiger charge is -2.09. The molecule has 0 fully saturated rings. The molecule has 26 heavy (non-hydrogen) atoms. The van der Waals surface area contributed by atoms with Crippen LogP contribution in [0.5, 0.6) is 0 Å². The van der Waals surface area contributed by atoms with Crippen LogP contribution in [0, 0.1) is 0 Å². The lowest BCUT2D eigenvalue weighted by molar-refractivity contribution is 0.0601. The highest BCUT2D eigenvalue weighted by atomic mass is 35.5. The fraction of sp³-hybridized carbons (Fsp3) is 0.105. The van der Waals surface area contributed by atoms with Gasteiger partial charge in [0.05, 0.1) is 12.7 Å². The first kappa shape index (κ1) is 17.7. The van der Waals surface area contributed by atoms with E-state index >= 15 is 0 Å². The molecular weight excluding hydrogens is 352 g/mol. The smallest absolute Gasteiger partial charge is 0.337 e. The van der Waals surface area contributed by atoms with E-state index in [0.29, 0.717) is 28.9 Å². The second-order valence-electron chi connectivity index (χ2n) is 5.44. The van der Waals surface area contributed by atoms with Crippen LogP contribution in [-0.2, 0) is 11.3 Å². The first-order valence-electron chi connectivity index (χ1n) is 7.91. The SMILES string of the molecule is COC(=O)c1ccc(Nc2nccc(NCc3ccc(Cl)cc3)n2)cc1. The van der Waals surface area contributed by atoms with Crippen LogP contribution in [0.4, 0.5) is 17.5 Å². The number of anilines is 3.